The number of sulfonamides is 1. The Morgan fingerprint density at radius 1 is 0.913 bits per heavy atom. The fraction of sp³-hybridized carbons (Fsp3) is 0.111. The molecule has 0 aliphatic carbocycles. The Morgan fingerprint density at radius 2 is 1.61 bits per heavy atom. The summed E-state index contributed by atoms with van der Waals surface area (Å²) in [4.78, 5) is 0.221. The second-order valence-corrected chi connectivity index (χ2v) is 7.57. The van der Waals surface area contributed by atoms with Gasteiger partial charge in [-0.2, -0.15) is 0 Å². The summed E-state index contributed by atoms with van der Waals surface area (Å²) in [6.07, 6.45) is 0. The van der Waals surface area contributed by atoms with Gasteiger partial charge in [-0.05, 0) is 43.2 Å². The smallest absolute Gasteiger partial charge is 0.262 e. The van der Waals surface area contributed by atoms with Gasteiger partial charge in [0.1, 0.15) is 0 Å². The van der Waals surface area contributed by atoms with Crippen molar-refractivity contribution in [3.8, 4) is 0 Å². The highest BCUT2D eigenvalue weighted by Gasteiger charge is 2.19. The van der Waals surface area contributed by atoms with E-state index in [4.69, 9.17) is 11.6 Å². The molecule has 0 heterocycles. The molecule has 0 aromatic heterocycles. The van der Waals surface area contributed by atoms with Gasteiger partial charge in [0.05, 0.1) is 10.6 Å². The Bertz CT molecular complexity index is 997. The minimum absolute atomic E-state index is 0.221. The number of fused-ring (bicyclic) bond motifs is 1. The summed E-state index contributed by atoms with van der Waals surface area (Å²) < 4.78 is 28.4. The average Bonchev–Trinajstić information content (AvgIpc) is 2.51. The SMILES string of the molecule is Cc1ccc(C)c(NS(=O)(=O)c2ccc(Cl)c3ccccc23)c1. The molecule has 0 amide bonds. The fourth-order valence-corrected chi connectivity index (χ4v) is 4.08. The van der Waals surface area contributed by atoms with Crippen LogP contribution in [0.25, 0.3) is 10.8 Å². The molecule has 0 aliphatic heterocycles. The normalized spacial score (nSPS) is 11.6. The van der Waals surface area contributed by atoms with Gasteiger partial charge in [0, 0.05) is 15.8 Å². The van der Waals surface area contributed by atoms with Crippen LogP contribution in [0.5, 0.6) is 0 Å². The molecular weight excluding hydrogens is 330 g/mol. The van der Waals surface area contributed by atoms with Crippen molar-refractivity contribution in [1.82, 2.24) is 0 Å². The first-order valence-corrected chi connectivity index (χ1v) is 9.02. The first-order chi connectivity index (χ1) is 10.9. The van der Waals surface area contributed by atoms with E-state index < -0.39 is 10.0 Å². The fourth-order valence-electron chi connectivity index (χ4n) is 2.51. The molecular formula is C18H16ClNO2S. The summed E-state index contributed by atoms with van der Waals surface area (Å²) in [7, 11) is -3.70. The van der Waals surface area contributed by atoms with Gasteiger partial charge in [-0.25, -0.2) is 8.42 Å². The summed E-state index contributed by atoms with van der Waals surface area (Å²) in [5.41, 5.74) is 2.45. The van der Waals surface area contributed by atoms with Crippen molar-refractivity contribution in [2.45, 2.75) is 18.7 Å². The molecule has 0 spiro atoms. The largest absolute Gasteiger partial charge is 0.279 e. The van der Waals surface area contributed by atoms with Crippen LogP contribution in [0.1, 0.15) is 11.1 Å². The number of anilines is 1. The second-order valence-electron chi connectivity index (χ2n) is 5.51. The zero-order valence-electron chi connectivity index (χ0n) is 12.8. The first-order valence-electron chi connectivity index (χ1n) is 7.16. The van der Waals surface area contributed by atoms with Crippen molar-refractivity contribution < 1.29 is 8.42 Å². The van der Waals surface area contributed by atoms with Crippen molar-refractivity contribution in [1.29, 1.82) is 0 Å². The van der Waals surface area contributed by atoms with Crippen molar-refractivity contribution >= 4 is 38.1 Å². The Labute approximate surface area is 141 Å². The van der Waals surface area contributed by atoms with Gasteiger partial charge in [-0.1, -0.05) is 48.0 Å². The maximum atomic E-state index is 12.8. The molecule has 0 saturated carbocycles. The van der Waals surface area contributed by atoms with E-state index in [1.165, 1.54) is 6.07 Å². The minimum Gasteiger partial charge on any atom is -0.279 e. The van der Waals surface area contributed by atoms with Crippen LogP contribution in [-0.4, -0.2) is 8.42 Å². The molecule has 5 heteroatoms. The van der Waals surface area contributed by atoms with Crippen LogP contribution < -0.4 is 4.72 Å². The highest BCUT2D eigenvalue weighted by molar-refractivity contribution is 7.93. The second kappa shape index (κ2) is 5.87. The van der Waals surface area contributed by atoms with Crippen molar-refractivity contribution in [2.24, 2.45) is 0 Å². The lowest BCUT2D eigenvalue weighted by molar-refractivity contribution is 0.602. The maximum absolute atomic E-state index is 12.8. The molecule has 118 valence electrons. The van der Waals surface area contributed by atoms with Gasteiger partial charge in [-0.15, -0.1) is 0 Å². The van der Waals surface area contributed by atoms with Gasteiger partial charge in [0.25, 0.3) is 10.0 Å². The summed E-state index contributed by atoms with van der Waals surface area (Å²) in [5, 5.41) is 1.86. The van der Waals surface area contributed by atoms with E-state index in [1.54, 1.807) is 18.2 Å². The predicted octanol–water partition coefficient (Wildman–Crippen LogP) is 4.91. The Balaban J connectivity index is 2.14. The molecule has 0 saturated heterocycles. The third-order valence-corrected chi connectivity index (χ3v) is 5.51. The third-order valence-electron chi connectivity index (χ3n) is 3.76. The Hall–Kier alpha value is -2.04. The van der Waals surface area contributed by atoms with Gasteiger partial charge in [0.15, 0.2) is 0 Å². The van der Waals surface area contributed by atoms with E-state index in [0.29, 0.717) is 16.1 Å². The summed E-state index contributed by atoms with van der Waals surface area (Å²) in [6.45, 7) is 3.80. The van der Waals surface area contributed by atoms with Crippen LogP contribution in [-0.2, 0) is 10.0 Å². The van der Waals surface area contributed by atoms with E-state index in [1.807, 2.05) is 44.2 Å². The standard InChI is InChI=1S/C18H16ClNO2S/c1-12-7-8-13(2)17(11-12)20-23(21,22)18-10-9-16(19)14-5-3-4-6-15(14)18/h3-11,20H,1-2H3. The highest BCUT2D eigenvalue weighted by atomic mass is 35.5. The summed E-state index contributed by atoms with van der Waals surface area (Å²) in [5.74, 6) is 0. The first kappa shape index (κ1) is 15.8. The third kappa shape index (κ3) is 3.05. The number of hydrogen-bond donors (Lipinski definition) is 1. The molecule has 23 heavy (non-hydrogen) atoms. The molecule has 3 aromatic rings. The van der Waals surface area contributed by atoms with Crippen LogP contribution in [0.15, 0.2) is 59.5 Å². The van der Waals surface area contributed by atoms with Gasteiger partial charge in [0.2, 0.25) is 0 Å². The van der Waals surface area contributed by atoms with Crippen LogP contribution >= 0.6 is 11.6 Å². The Morgan fingerprint density at radius 3 is 2.35 bits per heavy atom. The molecule has 0 atom stereocenters. The maximum Gasteiger partial charge on any atom is 0.262 e. The Kier molecular flexibility index (Phi) is 4.04. The molecule has 0 radical (unpaired) electrons. The minimum atomic E-state index is -3.70. The number of hydrogen-bond acceptors (Lipinski definition) is 2. The summed E-state index contributed by atoms with van der Waals surface area (Å²) in [6, 6.07) is 16.0. The predicted molar refractivity (Wildman–Crippen MR) is 95.7 cm³/mol. The monoisotopic (exact) mass is 345 g/mol. The molecule has 0 bridgehead atoms. The van der Waals surface area contributed by atoms with Crippen molar-refractivity contribution in [3.05, 3.63) is 70.7 Å². The molecule has 3 nitrogen and oxygen atoms in total. The zero-order chi connectivity index (χ0) is 16.6. The highest BCUT2D eigenvalue weighted by Crippen LogP contribution is 2.30. The lowest BCUT2D eigenvalue weighted by Crippen LogP contribution is -2.14. The topological polar surface area (TPSA) is 46.2 Å². The molecule has 1 N–H and O–H groups in total. The number of benzene rings is 3. The molecule has 0 aliphatic rings. The average molecular weight is 346 g/mol. The summed E-state index contributed by atoms with van der Waals surface area (Å²) >= 11 is 6.17. The van der Waals surface area contributed by atoms with E-state index in [2.05, 4.69) is 4.72 Å². The number of nitrogens with one attached hydrogen (secondary N) is 1. The lowest BCUT2D eigenvalue weighted by Gasteiger charge is -2.13. The lowest BCUT2D eigenvalue weighted by atomic mass is 10.1. The van der Waals surface area contributed by atoms with Gasteiger partial charge in [-0.3, -0.25) is 4.72 Å². The zero-order valence-corrected chi connectivity index (χ0v) is 14.4. The van der Waals surface area contributed by atoms with Gasteiger partial charge >= 0.3 is 0 Å². The van der Waals surface area contributed by atoms with E-state index in [-0.39, 0.29) is 4.90 Å². The molecule has 0 unspecified atom stereocenters. The molecule has 3 rings (SSSR count). The van der Waals surface area contributed by atoms with E-state index in [0.717, 1.165) is 16.5 Å². The number of aryl methyl sites for hydroxylation is 2. The van der Waals surface area contributed by atoms with Crippen molar-refractivity contribution in [2.75, 3.05) is 4.72 Å². The van der Waals surface area contributed by atoms with Crippen LogP contribution in [0.2, 0.25) is 5.02 Å². The van der Waals surface area contributed by atoms with E-state index in [9.17, 15) is 8.42 Å². The molecule has 0 fully saturated rings. The van der Waals surface area contributed by atoms with Gasteiger partial charge < -0.3 is 0 Å². The number of halogens is 1. The number of rotatable bonds is 3. The van der Waals surface area contributed by atoms with Crippen molar-refractivity contribution in [3.63, 3.8) is 0 Å². The van der Waals surface area contributed by atoms with Crippen LogP contribution in [0, 0.1) is 13.8 Å². The van der Waals surface area contributed by atoms with Crippen LogP contribution in [0.3, 0.4) is 0 Å². The van der Waals surface area contributed by atoms with E-state index >= 15 is 0 Å². The van der Waals surface area contributed by atoms with Crippen LogP contribution in [0.4, 0.5) is 5.69 Å². The quantitative estimate of drug-likeness (QED) is 0.733. The molecule has 3 aromatic carbocycles.